The molecule has 0 fully saturated rings. The van der Waals surface area contributed by atoms with E-state index in [0.717, 1.165) is 12.1 Å². The van der Waals surface area contributed by atoms with E-state index < -0.39 is 30.1 Å². The molecule has 0 radical (unpaired) electrons. The molecule has 0 atom stereocenters. The van der Waals surface area contributed by atoms with Crippen LogP contribution in [0.1, 0.15) is 10.4 Å². The molecule has 0 saturated heterocycles. The number of ether oxygens (including phenoxy) is 2. The van der Waals surface area contributed by atoms with Crippen molar-refractivity contribution in [2.75, 3.05) is 19.0 Å². The van der Waals surface area contributed by atoms with Crippen molar-refractivity contribution in [1.82, 2.24) is 0 Å². The Morgan fingerprint density at radius 3 is 2.54 bits per heavy atom. The van der Waals surface area contributed by atoms with E-state index in [9.17, 15) is 18.4 Å². The van der Waals surface area contributed by atoms with E-state index in [1.54, 1.807) is 6.07 Å². The van der Waals surface area contributed by atoms with Crippen LogP contribution in [0.3, 0.4) is 0 Å². The van der Waals surface area contributed by atoms with Gasteiger partial charge in [0.25, 0.3) is 11.8 Å². The number of nitrogens with two attached hydrogens (primary N) is 1. The molecule has 2 amide bonds. The lowest BCUT2D eigenvalue weighted by Crippen LogP contribution is -2.22. The van der Waals surface area contributed by atoms with Gasteiger partial charge in [-0.05, 0) is 24.3 Å². The molecule has 2 aromatic rings. The summed E-state index contributed by atoms with van der Waals surface area (Å²) >= 11 is 0. The van der Waals surface area contributed by atoms with Crippen LogP contribution in [-0.2, 0) is 4.79 Å². The second-order valence-electron chi connectivity index (χ2n) is 4.67. The minimum Gasteiger partial charge on any atom is -0.493 e. The van der Waals surface area contributed by atoms with Gasteiger partial charge in [0.2, 0.25) is 0 Å². The summed E-state index contributed by atoms with van der Waals surface area (Å²) in [6.45, 7) is -0.486. The van der Waals surface area contributed by atoms with Gasteiger partial charge in [0.15, 0.2) is 29.7 Å². The van der Waals surface area contributed by atoms with Gasteiger partial charge in [-0.2, -0.15) is 0 Å². The zero-order chi connectivity index (χ0) is 17.7. The Labute approximate surface area is 136 Å². The number of rotatable bonds is 6. The first-order chi connectivity index (χ1) is 11.4. The Hall–Kier alpha value is -3.16. The summed E-state index contributed by atoms with van der Waals surface area (Å²) in [5, 5.41) is 2.34. The van der Waals surface area contributed by atoms with E-state index in [-0.39, 0.29) is 22.7 Å². The monoisotopic (exact) mass is 336 g/mol. The minimum absolute atomic E-state index is 0.0212. The number of hydrogen-bond donors (Lipinski definition) is 2. The quantitative estimate of drug-likeness (QED) is 0.845. The molecule has 0 unspecified atom stereocenters. The largest absolute Gasteiger partial charge is 0.493 e. The van der Waals surface area contributed by atoms with Gasteiger partial charge in [-0.25, -0.2) is 8.78 Å². The summed E-state index contributed by atoms with van der Waals surface area (Å²) in [5.74, 6) is -3.24. The van der Waals surface area contributed by atoms with Gasteiger partial charge in [-0.3, -0.25) is 9.59 Å². The zero-order valence-corrected chi connectivity index (χ0v) is 12.6. The Bertz CT molecular complexity index is 781. The third kappa shape index (κ3) is 3.97. The van der Waals surface area contributed by atoms with Crippen molar-refractivity contribution in [3.05, 3.63) is 53.6 Å². The summed E-state index contributed by atoms with van der Waals surface area (Å²) in [7, 11) is 1.37. The van der Waals surface area contributed by atoms with Crippen LogP contribution in [0.4, 0.5) is 14.5 Å². The van der Waals surface area contributed by atoms with Crippen LogP contribution in [0.5, 0.6) is 11.5 Å². The van der Waals surface area contributed by atoms with E-state index in [4.69, 9.17) is 15.2 Å². The van der Waals surface area contributed by atoms with Gasteiger partial charge in [0.05, 0.1) is 12.7 Å². The SMILES string of the molecule is COc1cccc(C(N)=O)c1OCC(=O)Nc1ccc(F)c(F)c1. The lowest BCUT2D eigenvalue weighted by molar-refractivity contribution is -0.118. The molecule has 8 heteroatoms. The maximum Gasteiger partial charge on any atom is 0.262 e. The second kappa shape index (κ2) is 7.40. The summed E-state index contributed by atoms with van der Waals surface area (Å²) < 4.78 is 36.3. The molecular formula is C16H14F2N2O4. The highest BCUT2D eigenvalue weighted by atomic mass is 19.2. The number of carbonyl (C=O) groups is 2. The van der Waals surface area contributed by atoms with E-state index in [1.165, 1.54) is 25.3 Å². The average molecular weight is 336 g/mol. The number of primary amides is 1. The molecule has 3 N–H and O–H groups in total. The minimum atomic E-state index is -1.09. The molecule has 0 heterocycles. The summed E-state index contributed by atoms with van der Waals surface area (Å²) in [4.78, 5) is 23.3. The van der Waals surface area contributed by atoms with Crippen molar-refractivity contribution in [2.45, 2.75) is 0 Å². The number of para-hydroxylation sites is 1. The van der Waals surface area contributed by atoms with Crippen LogP contribution in [-0.4, -0.2) is 25.5 Å². The number of anilines is 1. The maximum atomic E-state index is 13.1. The Kier molecular flexibility index (Phi) is 5.31. The predicted molar refractivity (Wildman–Crippen MR) is 82.0 cm³/mol. The molecule has 126 valence electrons. The predicted octanol–water partition coefficient (Wildman–Crippen LogP) is 2.09. The summed E-state index contributed by atoms with van der Waals surface area (Å²) in [5.41, 5.74) is 5.36. The molecular weight excluding hydrogens is 322 g/mol. The van der Waals surface area contributed by atoms with Crippen LogP contribution in [0.2, 0.25) is 0 Å². The van der Waals surface area contributed by atoms with Crippen molar-refractivity contribution >= 4 is 17.5 Å². The number of benzene rings is 2. The van der Waals surface area contributed by atoms with E-state index in [0.29, 0.717) is 0 Å². The summed E-state index contributed by atoms with van der Waals surface area (Å²) in [6.07, 6.45) is 0. The molecule has 0 saturated carbocycles. The number of methoxy groups -OCH3 is 1. The number of amides is 2. The van der Waals surface area contributed by atoms with Crippen molar-refractivity contribution in [3.63, 3.8) is 0 Å². The zero-order valence-electron chi connectivity index (χ0n) is 12.6. The first-order valence-electron chi connectivity index (χ1n) is 6.77. The maximum absolute atomic E-state index is 13.1. The highest BCUT2D eigenvalue weighted by molar-refractivity contribution is 5.97. The smallest absolute Gasteiger partial charge is 0.262 e. The molecule has 2 aromatic carbocycles. The topological polar surface area (TPSA) is 90.7 Å². The van der Waals surface area contributed by atoms with E-state index in [2.05, 4.69) is 5.32 Å². The van der Waals surface area contributed by atoms with Crippen LogP contribution < -0.4 is 20.5 Å². The number of carbonyl (C=O) groups excluding carboxylic acids is 2. The Morgan fingerprint density at radius 1 is 1.17 bits per heavy atom. The van der Waals surface area contributed by atoms with Crippen molar-refractivity contribution in [3.8, 4) is 11.5 Å². The van der Waals surface area contributed by atoms with Crippen LogP contribution in [0, 0.1) is 11.6 Å². The molecule has 0 aliphatic carbocycles. The second-order valence-corrected chi connectivity index (χ2v) is 4.67. The highest BCUT2D eigenvalue weighted by Gasteiger charge is 2.16. The van der Waals surface area contributed by atoms with Gasteiger partial charge in [-0.15, -0.1) is 0 Å². The highest BCUT2D eigenvalue weighted by Crippen LogP contribution is 2.30. The first-order valence-corrected chi connectivity index (χ1v) is 6.77. The third-order valence-corrected chi connectivity index (χ3v) is 3.02. The Balaban J connectivity index is 2.09. The van der Waals surface area contributed by atoms with E-state index >= 15 is 0 Å². The standard InChI is InChI=1S/C16H14F2N2O4/c1-23-13-4-2-3-10(16(19)22)15(13)24-8-14(21)20-9-5-6-11(17)12(18)7-9/h2-7H,8H2,1H3,(H2,19,22)(H,20,21). The normalized spacial score (nSPS) is 10.1. The number of nitrogens with one attached hydrogen (secondary N) is 1. The first kappa shape index (κ1) is 17.2. The molecule has 24 heavy (non-hydrogen) atoms. The Morgan fingerprint density at radius 2 is 1.92 bits per heavy atom. The van der Waals surface area contributed by atoms with Crippen molar-refractivity contribution in [1.29, 1.82) is 0 Å². The molecule has 0 aliphatic rings. The van der Waals surface area contributed by atoms with E-state index in [1.807, 2.05) is 0 Å². The molecule has 0 bridgehead atoms. The van der Waals surface area contributed by atoms with Gasteiger partial charge in [-0.1, -0.05) is 6.07 Å². The molecule has 0 aliphatic heterocycles. The third-order valence-electron chi connectivity index (χ3n) is 3.02. The van der Waals surface area contributed by atoms with Crippen molar-refractivity contribution in [2.24, 2.45) is 5.73 Å². The molecule has 2 rings (SSSR count). The van der Waals surface area contributed by atoms with Crippen molar-refractivity contribution < 1.29 is 27.8 Å². The number of hydrogen-bond acceptors (Lipinski definition) is 4. The number of halogens is 2. The van der Waals surface area contributed by atoms with Crippen LogP contribution >= 0.6 is 0 Å². The van der Waals surface area contributed by atoms with Gasteiger partial charge >= 0.3 is 0 Å². The fraction of sp³-hybridized carbons (Fsp3) is 0.125. The van der Waals surface area contributed by atoms with Gasteiger partial charge in [0, 0.05) is 11.8 Å². The average Bonchev–Trinajstić information content (AvgIpc) is 2.55. The fourth-order valence-electron chi connectivity index (χ4n) is 1.93. The lowest BCUT2D eigenvalue weighted by Gasteiger charge is -2.13. The molecule has 6 nitrogen and oxygen atoms in total. The molecule has 0 aromatic heterocycles. The van der Waals surface area contributed by atoms with Gasteiger partial charge in [0.1, 0.15) is 0 Å². The fourth-order valence-corrected chi connectivity index (χ4v) is 1.93. The summed E-state index contributed by atoms with van der Waals surface area (Å²) in [6, 6.07) is 7.44. The van der Waals surface area contributed by atoms with Gasteiger partial charge < -0.3 is 20.5 Å². The molecule has 0 spiro atoms. The van der Waals surface area contributed by atoms with Crippen LogP contribution in [0.15, 0.2) is 36.4 Å². The van der Waals surface area contributed by atoms with Crippen LogP contribution in [0.25, 0.3) is 0 Å². The lowest BCUT2D eigenvalue weighted by atomic mass is 10.2.